The number of hydrogen-bond donors (Lipinski definition) is 37. The number of carbonyl (C=O) groups is 13. The van der Waals surface area contributed by atoms with E-state index in [1.165, 1.54) is 6.92 Å². The summed E-state index contributed by atoms with van der Waals surface area (Å²) < 4.78 is 0. The lowest BCUT2D eigenvalue weighted by atomic mass is 10.1. The number of guanidine groups is 8. The highest BCUT2D eigenvalue weighted by molar-refractivity contribution is 5.98. The van der Waals surface area contributed by atoms with Crippen LogP contribution < -0.4 is 158 Å². The molecule has 0 heterocycles. The fourth-order valence-electron chi connectivity index (χ4n) is 9.96. The maximum absolute atomic E-state index is 14.3. The van der Waals surface area contributed by atoms with E-state index in [0.29, 0.717) is 19.4 Å². The maximum atomic E-state index is 14.3. The Morgan fingerprint density at radius 3 is 0.559 bits per heavy atom. The molecule has 0 saturated carbocycles. The zero-order valence-corrected chi connectivity index (χ0v) is 62.8. The van der Waals surface area contributed by atoms with Crippen molar-refractivity contribution in [1.82, 2.24) is 112 Å². The van der Waals surface area contributed by atoms with Gasteiger partial charge in [0.05, 0.1) is 26.2 Å². The van der Waals surface area contributed by atoms with E-state index in [9.17, 15) is 62.3 Å². The van der Waals surface area contributed by atoms with Crippen LogP contribution in [0.3, 0.4) is 0 Å². The van der Waals surface area contributed by atoms with Crippen molar-refractivity contribution in [2.75, 3.05) is 85.1 Å². The minimum atomic E-state index is -1.51. The van der Waals surface area contributed by atoms with Crippen molar-refractivity contribution >= 4 is 124 Å². The van der Waals surface area contributed by atoms with Gasteiger partial charge in [-0.05, 0) is 109 Å². The number of rotatable bonds is 58. The normalized spacial score (nSPS) is 12.6. The highest BCUT2D eigenvalue weighted by Crippen LogP contribution is 2.08. The Bertz CT molecular complexity index is 3140. The topological polar surface area (TPSA) is 873 Å². The summed E-state index contributed by atoms with van der Waals surface area (Å²) in [5, 5.41) is 113. The van der Waals surface area contributed by atoms with Gasteiger partial charge in [-0.15, -0.1) is 0 Å². The van der Waals surface area contributed by atoms with Crippen molar-refractivity contribution in [3.63, 3.8) is 0 Å². The molecule has 50 heteroatoms. The molecule has 0 aliphatic rings. The van der Waals surface area contributed by atoms with Gasteiger partial charge in [-0.25, -0.2) is 0 Å². The molecule has 0 bridgehead atoms. The highest BCUT2D eigenvalue weighted by atomic mass is 16.2. The molecule has 13 amide bonds. The van der Waals surface area contributed by atoms with Crippen LogP contribution in [0.25, 0.3) is 0 Å². The summed E-state index contributed by atoms with van der Waals surface area (Å²) in [7, 11) is 0. The van der Waals surface area contributed by atoms with E-state index in [-0.39, 0.29) is 161 Å². The molecule has 0 radical (unpaired) electrons. The molecule has 0 fully saturated rings. The first-order valence-corrected chi connectivity index (χ1v) is 35.8. The molecule has 0 rings (SSSR count). The molecule has 0 aromatic rings. The van der Waals surface area contributed by atoms with Crippen molar-refractivity contribution in [2.24, 2.45) is 45.9 Å². The lowest BCUT2D eigenvalue weighted by Gasteiger charge is -2.25. The fourth-order valence-corrected chi connectivity index (χ4v) is 9.96. The standard InChI is InChI=1S/C61H119N37O13/c1-3-20-78-46(104)35(13-5-22-80-55(64)65)92-42(100)29-88-48(106)36(14-6-23-81-56(66)67)96-52(110)40(18-10-27-85-60(74)75)94-44(102)31-90-50(108)38(16-8-25-83-58(70)71)98-53(111)41(19-11-28-86-61(76)77)95-45(103)32-89-49(107)37(15-7-24-82-57(68)69)97-51(109)39(17-9-26-84-59(72)73)93-43(101)30-87-47(105)34(91-33(2)99)12-4-21-79-54(62)63/h34-41H,3-32H2,1-2H3,(H,78,104)(H,87,105)(H,88,106)(H,89,107)(H,90,108)(H,91,99)(H,92,100)(H,93,101)(H,94,102)(H,95,103)(H,96,110)(H,97,109)(H,98,111)(H4,62,63,79)(H4,64,65,80)(H4,66,67,81)(H4,68,69,82)(H4,70,71,83)(H4,72,73,84)(H4,74,75,85)(H4,76,77,86). The number of nitrogens with one attached hydrogen (secondary N) is 29. The van der Waals surface area contributed by atoms with Gasteiger partial charge in [0, 0.05) is 65.8 Å². The van der Waals surface area contributed by atoms with Gasteiger partial charge in [0.2, 0.25) is 76.8 Å². The quantitative estimate of drug-likeness (QED) is 0.0153. The molecule has 626 valence electrons. The summed E-state index contributed by atoms with van der Waals surface area (Å²) in [6.07, 6.45) is 0.868. The summed E-state index contributed by atoms with van der Waals surface area (Å²) in [5.74, 6) is -14.2. The molecule has 0 spiro atoms. The zero-order valence-electron chi connectivity index (χ0n) is 62.8. The van der Waals surface area contributed by atoms with E-state index in [2.05, 4.69) is 112 Å². The zero-order chi connectivity index (χ0) is 83.8. The van der Waals surface area contributed by atoms with Gasteiger partial charge in [0.1, 0.15) is 48.3 Å². The third-order valence-electron chi connectivity index (χ3n) is 15.3. The maximum Gasteiger partial charge on any atom is 0.243 e. The molecular weight excluding hydrogens is 1460 g/mol. The Labute approximate surface area is 641 Å². The van der Waals surface area contributed by atoms with E-state index < -0.39 is 187 Å². The third kappa shape index (κ3) is 51.2. The van der Waals surface area contributed by atoms with Crippen molar-refractivity contribution in [3.05, 3.63) is 0 Å². The summed E-state index contributed by atoms with van der Waals surface area (Å²) in [6.45, 7) is 0.809. The average molecular weight is 1580 g/mol. The first kappa shape index (κ1) is 98.3. The Kier molecular flexibility index (Phi) is 50.9. The van der Waals surface area contributed by atoms with Crippen LogP contribution in [0.15, 0.2) is 0 Å². The molecule has 0 aromatic heterocycles. The third-order valence-corrected chi connectivity index (χ3v) is 15.3. The second kappa shape index (κ2) is 57.4. The SMILES string of the molecule is CCCNC(=O)C(CCCNC(=N)N)NC(=O)CNC(=O)C(CCCNC(=N)N)NC(=O)C(CCCNC(=N)N)NC(=O)CNC(=O)C(CCCNC(=N)N)NC(=O)C(CCCNC(=N)N)NC(=O)CNC(=O)C(CCCNC(=N)N)NC(=O)C(CCCNC(=N)N)NC(=O)CNC(=O)C(CCCNC(=N)N)NC(C)=O. The summed E-state index contributed by atoms with van der Waals surface area (Å²) in [5.41, 5.74) is 43.4. The Hall–Kier alpha value is -12.7. The number of amides is 13. The molecule has 0 aliphatic carbocycles. The van der Waals surface area contributed by atoms with Crippen LogP contribution in [0.4, 0.5) is 0 Å². The van der Waals surface area contributed by atoms with Crippen molar-refractivity contribution in [3.8, 4) is 0 Å². The van der Waals surface area contributed by atoms with E-state index in [1.54, 1.807) is 0 Å². The predicted molar refractivity (Wildman–Crippen MR) is 410 cm³/mol. The Balaban J connectivity index is 6.92. The lowest BCUT2D eigenvalue weighted by molar-refractivity contribution is -0.134. The molecule has 50 nitrogen and oxygen atoms in total. The first-order valence-electron chi connectivity index (χ1n) is 35.8. The molecule has 0 aromatic carbocycles. The highest BCUT2D eigenvalue weighted by Gasteiger charge is 2.33. The van der Waals surface area contributed by atoms with Crippen LogP contribution in [0, 0.1) is 43.3 Å². The van der Waals surface area contributed by atoms with Gasteiger partial charge in [-0.2, -0.15) is 0 Å². The lowest BCUT2D eigenvalue weighted by Crippen LogP contribution is -2.57. The predicted octanol–water partition coefficient (Wildman–Crippen LogP) is -13.0. The van der Waals surface area contributed by atoms with E-state index >= 15 is 0 Å². The van der Waals surface area contributed by atoms with Gasteiger partial charge in [0.25, 0.3) is 0 Å². The fraction of sp³-hybridized carbons (Fsp3) is 0.656. The first-order chi connectivity index (χ1) is 52.4. The van der Waals surface area contributed by atoms with Gasteiger partial charge in [-0.3, -0.25) is 106 Å². The number of carbonyl (C=O) groups excluding carboxylic acids is 13. The molecule has 0 saturated heterocycles. The van der Waals surface area contributed by atoms with Crippen molar-refractivity contribution in [2.45, 2.75) is 171 Å². The minimum absolute atomic E-state index is 0.00349. The molecule has 8 unspecified atom stereocenters. The summed E-state index contributed by atoms with van der Waals surface area (Å²) >= 11 is 0. The van der Waals surface area contributed by atoms with Crippen LogP contribution >= 0.6 is 0 Å². The number of nitrogens with two attached hydrogens (primary N) is 8. The molecule has 8 atom stereocenters. The second-order valence-corrected chi connectivity index (χ2v) is 24.9. The van der Waals surface area contributed by atoms with Crippen molar-refractivity contribution < 1.29 is 62.3 Å². The van der Waals surface area contributed by atoms with Crippen LogP contribution in [0.2, 0.25) is 0 Å². The van der Waals surface area contributed by atoms with Gasteiger partial charge < -0.3 is 158 Å². The molecule has 111 heavy (non-hydrogen) atoms. The van der Waals surface area contributed by atoms with Crippen LogP contribution in [-0.4, -0.2) is 258 Å². The molecular formula is C61H119N37O13. The van der Waals surface area contributed by atoms with Crippen LogP contribution in [-0.2, 0) is 62.3 Å². The summed E-state index contributed by atoms with van der Waals surface area (Å²) in [4.78, 5) is 177. The van der Waals surface area contributed by atoms with E-state index in [4.69, 9.17) is 89.1 Å². The van der Waals surface area contributed by atoms with E-state index in [1.807, 2.05) is 6.92 Å². The largest absolute Gasteiger partial charge is 0.370 e. The van der Waals surface area contributed by atoms with Gasteiger partial charge in [-0.1, -0.05) is 6.92 Å². The van der Waals surface area contributed by atoms with E-state index in [0.717, 1.165) is 0 Å². The number of hydrogen-bond acceptors (Lipinski definition) is 21. The molecule has 45 N–H and O–H groups in total. The van der Waals surface area contributed by atoms with Crippen molar-refractivity contribution in [1.29, 1.82) is 43.3 Å². The van der Waals surface area contributed by atoms with Crippen LogP contribution in [0.1, 0.15) is 123 Å². The Morgan fingerprint density at radius 2 is 0.387 bits per heavy atom. The average Bonchev–Trinajstić information content (AvgIpc) is 0.885. The summed E-state index contributed by atoms with van der Waals surface area (Å²) in [6, 6.07) is -10.9. The van der Waals surface area contributed by atoms with Gasteiger partial charge >= 0.3 is 0 Å². The second-order valence-electron chi connectivity index (χ2n) is 24.9. The monoisotopic (exact) mass is 1580 g/mol. The van der Waals surface area contributed by atoms with Gasteiger partial charge in [0.15, 0.2) is 47.7 Å². The minimum Gasteiger partial charge on any atom is -0.370 e. The van der Waals surface area contributed by atoms with Crippen LogP contribution in [0.5, 0.6) is 0 Å². The smallest absolute Gasteiger partial charge is 0.243 e. The Morgan fingerprint density at radius 1 is 0.225 bits per heavy atom. The molecule has 0 aliphatic heterocycles.